The van der Waals surface area contributed by atoms with Gasteiger partial charge in [-0.1, -0.05) is 13.8 Å². The third kappa shape index (κ3) is 3.63. The van der Waals surface area contributed by atoms with Crippen molar-refractivity contribution in [3.05, 3.63) is 23.3 Å². The summed E-state index contributed by atoms with van der Waals surface area (Å²) in [6, 6.07) is 3.69. The van der Waals surface area contributed by atoms with Gasteiger partial charge in [0.1, 0.15) is 11.5 Å². The van der Waals surface area contributed by atoms with Crippen LogP contribution in [-0.4, -0.2) is 26.2 Å². The highest BCUT2D eigenvalue weighted by molar-refractivity contribution is 5.95. The molecule has 4 heteroatoms. The van der Waals surface area contributed by atoms with Crippen LogP contribution in [0, 0.1) is 6.92 Å². The van der Waals surface area contributed by atoms with Crippen molar-refractivity contribution in [3.8, 4) is 11.5 Å². The molecule has 0 saturated carbocycles. The average molecular weight is 265 g/mol. The second-order valence-electron chi connectivity index (χ2n) is 4.49. The van der Waals surface area contributed by atoms with Crippen LogP contribution in [0.25, 0.3) is 0 Å². The molecule has 1 aromatic carbocycles. The fraction of sp³-hybridized carbons (Fsp3) is 0.533. The molecule has 1 amide bonds. The molecule has 0 atom stereocenters. The number of rotatable bonds is 6. The van der Waals surface area contributed by atoms with E-state index in [4.69, 9.17) is 9.47 Å². The Morgan fingerprint density at radius 2 is 1.63 bits per heavy atom. The lowest BCUT2D eigenvalue weighted by Crippen LogP contribution is -2.33. The first-order valence-electron chi connectivity index (χ1n) is 6.60. The summed E-state index contributed by atoms with van der Waals surface area (Å²) in [5.74, 6) is 1.23. The number of nitrogens with one attached hydrogen (secondary N) is 1. The van der Waals surface area contributed by atoms with Crippen molar-refractivity contribution in [3.63, 3.8) is 0 Å². The van der Waals surface area contributed by atoms with Crippen molar-refractivity contribution in [1.29, 1.82) is 0 Å². The molecule has 1 rings (SSSR count). The summed E-state index contributed by atoms with van der Waals surface area (Å²) in [7, 11) is 3.18. The van der Waals surface area contributed by atoms with Gasteiger partial charge in [0.05, 0.1) is 14.2 Å². The fourth-order valence-electron chi connectivity index (χ4n) is 1.98. The SMILES string of the molecule is CCC(CC)NC(=O)c1cc(OC)c(C)c(OC)c1. The number of methoxy groups -OCH3 is 2. The van der Waals surface area contributed by atoms with Gasteiger partial charge in [-0.25, -0.2) is 0 Å². The smallest absolute Gasteiger partial charge is 0.251 e. The lowest BCUT2D eigenvalue weighted by Gasteiger charge is -2.16. The first-order valence-corrected chi connectivity index (χ1v) is 6.60. The van der Waals surface area contributed by atoms with Crippen LogP contribution >= 0.6 is 0 Å². The van der Waals surface area contributed by atoms with E-state index >= 15 is 0 Å². The van der Waals surface area contributed by atoms with Crippen LogP contribution in [0.4, 0.5) is 0 Å². The zero-order valence-corrected chi connectivity index (χ0v) is 12.4. The largest absolute Gasteiger partial charge is 0.496 e. The third-order valence-electron chi connectivity index (χ3n) is 3.34. The Balaban J connectivity index is 3.03. The molecule has 0 aromatic heterocycles. The summed E-state index contributed by atoms with van der Waals surface area (Å²) < 4.78 is 10.6. The summed E-state index contributed by atoms with van der Waals surface area (Å²) in [6.45, 7) is 6.02. The van der Waals surface area contributed by atoms with Crippen LogP contribution in [0.5, 0.6) is 11.5 Å². The van der Waals surface area contributed by atoms with Gasteiger partial charge >= 0.3 is 0 Å². The number of benzene rings is 1. The highest BCUT2D eigenvalue weighted by Crippen LogP contribution is 2.29. The Labute approximate surface area is 115 Å². The molecular weight excluding hydrogens is 242 g/mol. The van der Waals surface area contributed by atoms with Gasteiger partial charge in [0.25, 0.3) is 5.91 Å². The van der Waals surface area contributed by atoms with E-state index in [0.29, 0.717) is 17.1 Å². The van der Waals surface area contributed by atoms with Crippen molar-refractivity contribution in [2.75, 3.05) is 14.2 Å². The summed E-state index contributed by atoms with van der Waals surface area (Å²) in [4.78, 5) is 12.2. The van der Waals surface area contributed by atoms with Crippen LogP contribution in [-0.2, 0) is 0 Å². The molecule has 0 aliphatic carbocycles. The zero-order valence-electron chi connectivity index (χ0n) is 12.4. The highest BCUT2D eigenvalue weighted by Gasteiger charge is 2.15. The van der Waals surface area contributed by atoms with Crippen LogP contribution in [0.1, 0.15) is 42.6 Å². The molecule has 0 heterocycles. The molecule has 0 saturated heterocycles. The number of carbonyl (C=O) groups excluding carboxylic acids is 1. The monoisotopic (exact) mass is 265 g/mol. The number of ether oxygens (including phenoxy) is 2. The van der Waals surface area contributed by atoms with E-state index in [0.717, 1.165) is 18.4 Å². The van der Waals surface area contributed by atoms with Crippen molar-refractivity contribution in [1.82, 2.24) is 5.32 Å². The Kier molecular flexibility index (Phi) is 5.67. The molecule has 0 fully saturated rings. The van der Waals surface area contributed by atoms with Crippen molar-refractivity contribution < 1.29 is 14.3 Å². The van der Waals surface area contributed by atoms with Gasteiger partial charge in [0.2, 0.25) is 0 Å². The highest BCUT2D eigenvalue weighted by atomic mass is 16.5. The molecule has 0 radical (unpaired) electrons. The molecule has 0 aliphatic heterocycles. The van der Waals surface area contributed by atoms with E-state index in [-0.39, 0.29) is 11.9 Å². The Bertz CT molecular complexity index is 414. The number of hydrogen-bond acceptors (Lipinski definition) is 3. The molecule has 0 unspecified atom stereocenters. The lowest BCUT2D eigenvalue weighted by molar-refractivity contribution is 0.0934. The minimum absolute atomic E-state index is 0.0923. The van der Waals surface area contributed by atoms with Crippen LogP contribution in [0.3, 0.4) is 0 Å². The Hall–Kier alpha value is -1.71. The van der Waals surface area contributed by atoms with Gasteiger partial charge in [-0.15, -0.1) is 0 Å². The Morgan fingerprint density at radius 1 is 1.16 bits per heavy atom. The topological polar surface area (TPSA) is 47.6 Å². The van der Waals surface area contributed by atoms with Gasteiger partial charge in [-0.05, 0) is 31.9 Å². The fourth-order valence-corrected chi connectivity index (χ4v) is 1.98. The third-order valence-corrected chi connectivity index (χ3v) is 3.34. The molecular formula is C15H23NO3. The van der Waals surface area contributed by atoms with E-state index in [1.807, 2.05) is 6.92 Å². The van der Waals surface area contributed by atoms with Crippen LogP contribution in [0.15, 0.2) is 12.1 Å². The average Bonchev–Trinajstić information content (AvgIpc) is 2.44. The normalized spacial score (nSPS) is 10.4. The van der Waals surface area contributed by atoms with E-state index < -0.39 is 0 Å². The standard InChI is InChI=1S/C15H23NO3/c1-6-12(7-2)16-15(17)11-8-13(18-4)10(3)14(9-11)19-5/h8-9,12H,6-7H2,1-5H3,(H,16,17). The molecule has 1 aromatic rings. The van der Waals surface area contributed by atoms with Gasteiger partial charge in [0.15, 0.2) is 0 Å². The van der Waals surface area contributed by atoms with E-state index in [2.05, 4.69) is 19.2 Å². The second-order valence-corrected chi connectivity index (χ2v) is 4.49. The molecule has 1 N–H and O–H groups in total. The number of carbonyl (C=O) groups is 1. The van der Waals surface area contributed by atoms with Crippen molar-refractivity contribution >= 4 is 5.91 Å². The van der Waals surface area contributed by atoms with E-state index in [1.165, 1.54) is 0 Å². The van der Waals surface area contributed by atoms with Crippen LogP contribution in [0.2, 0.25) is 0 Å². The van der Waals surface area contributed by atoms with E-state index in [9.17, 15) is 4.79 Å². The maximum Gasteiger partial charge on any atom is 0.251 e. The van der Waals surface area contributed by atoms with Gasteiger partial charge in [0, 0.05) is 17.2 Å². The zero-order chi connectivity index (χ0) is 14.4. The lowest BCUT2D eigenvalue weighted by atomic mass is 10.1. The summed E-state index contributed by atoms with van der Waals surface area (Å²) in [6.07, 6.45) is 1.84. The summed E-state index contributed by atoms with van der Waals surface area (Å²) in [5.41, 5.74) is 1.45. The van der Waals surface area contributed by atoms with Crippen LogP contribution < -0.4 is 14.8 Å². The van der Waals surface area contributed by atoms with E-state index in [1.54, 1.807) is 26.4 Å². The predicted octanol–water partition coefficient (Wildman–Crippen LogP) is 2.93. The van der Waals surface area contributed by atoms with Crippen molar-refractivity contribution in [2.24, 2.45) is 0 Å². The molecule has 0 aliphatic rings. The van der Waals surface area contributed by atoms with Gasteiger partial charge in [-0.2, -0.15) is 0 Å². The van der Waals surface area contributed by atoms with Gasteiger partial charge in [-0.3, -0.25) is 4.79 Å². The number of hydrogen-bond donors (Lipinski definition) is 1. The molecule has 19 heavy (non-hydrogen) atoms. The molecule has 106 valence electrons. The minimum atomic E-state index is -0.0923. The maximum absolute atomic E-state index is 12.2. The molecule has 0 bridgehead atoms. The first kappa shape index (κ1) is 15.3. The summed E-state index contributed by atoms with van der Waals surface area (Å²) in [5, 5.41) is 3.00. The minimum Gasteiger partial charge on any atom is -0.496 e. The Morgan fingerprint density at radius 3 is 2.00 bits per heavy atom. The van der Waals surface area contributed by atoms with Gasteiger partial charge < -0.3 is 14.8 Å². The molecule has 0 spiro atoms. The maximum atomic E-state index is 12.2. The quantitative estimate of drug-likeness (QED) is 0.860. The first-order chi connectivity index (χ1) is 9.07. The predicted molar refractivity (Wildman–Crippen MR) is 76.1 cm³/mol. The molecule has 4 nitrogen and oxygen atoms in total. The van der Waals surface area contributed by atoms with Crippen molar-refractivity contribution in [2.45, 2.75) is 39.7 Å². The number of amides is 1. The second kappa shape index (κ2) is 7.02. The summed E-state index contributed by atoms with van der Waals surface area (Å²) >= 11 is 0.